The lowest BCUT2D eigenvalue weighted by molar-refractivity contribution is 0.0599. The van der Waals surface area contributed by atoms with E-state index >= 15 is 0 Å². The fourth-order valence-electron chi connectivity index (χ4n) is 2.63. The van der Waals surface area contributed by atoms with Crippen molar-refractivity contribution in [1.82, 2.24) is 3.71 Å². The van der Waals surface area contributed by atoms with E-state index in [0.29, 0.717) is 5.56 Å². The van der Waals surface area contributed by atoms with Gasteiger partial charge in [0.25, 0.3) is 10.0 Å². The van der Waals surface area contributed by atoms with Crippen LogP contribution in [0.5, 0.6) is 0 Å². The first-order valence-electron chi connectivity index (χ1n) is 9.01. The minimum absolute atomic E-state index is 0.0336. The van der Waals surface area contributed by atoms with Crippen LogP contribution in [0.1, 0.15) is 49.2 Å². The van der Waals surface area contributed by atoms with Crippen LogP contribution in [-0.2, 0) is 20.2 Å². The van der Waals surface area contributed by atoms with E-state index in [1.807, 2.05) is 24.3 Å². The zero-order chi connectivity index (χ0) is 21.1. The molecule has 0 spiro atoms. The molecule has 5 nitrogen and oxygen atoms in total. The van der Waals surface area contributed by atoms with Crippen molar-refractivity contribution in [2.75, 3.05) is 13.7 Å². The van der Waals surface area contributed by atoms with Crippen molar-refractivity contribution in [1.29, 1.82) is 0 Å². The number of esters is 1. The zero-order valence-electron chi connectivity index (χ0n) is 17.1. The van der Waals surface area contributed by atoms with E-state index < -0.39 is 16.0 Å². The summed E-state index contributed by atoms with van der Waals surface area (Å²) in [4.78, 5) is 12.8. The number of sulfonamides is 1. The average Bonchev–Trinajstić information content (AvgIpc) is 2.65. The maximum absolute atomic E-state index is 13.1. The van der Waals surface area contributed by atoms with Gasteiger partial charge >= 0.3 is 5.97 Å². The van der Waals surface area contributed by atoms with Gasteiger partial charge < -0.3 is 4.74 Å². The highest BCUT2D eigenvalue weighted by Crippen LogP contribution is 2.31. The van der Waals surface area contributed by atoms with Crippen LogP contribution in [-0.4, -0.2) is 31.8 Å². The van der Waals surface area contributed by atoms with Crippen molar-refractivity contribution < 1.29 is 17.9 Å². The number of aryl methyl sites for hydroxylation is 1. The molecular weight excluding hydrogens is 394 g/mol. The molecule has 0 saturated carbocycles. The Labute approximate surface area is 172 Å². The number of carbonyl (C=O) groups excluding carboxylic acids is 1. The Hall–Kier alpha value is -1.83. The Kier molecular flexibility index (Phi) is 6.96. The molecule has 0 unspecified atom stereocenters. The van der Waals surface area contributed by atoms with Gasteiger partial charge in [-0.25, -0.2) is 13.2 Å². The number of carbonyl (C=O) groups is 1. The molecule has 0 radical (unpaired) electrons. The van der Waals surface area contributed by atoms with Gasteiger partial charge in [0.15, 0.2) is 0 Å². The van der Waals surface area contributed by atoms with Crippen LogP contribution < -0.4 is 0 Å². The lowest BCUT2D eigenvalue weighted by Gasteiger charge is -2.22. The van der Waals surface area contributed by atoms with Crippen molar-refractivity contribution in [2.24, 2.45) is 0 Å². The summed E-state index contributed by atoms with van der Waals surface area (Å²) in [5.74, 6) is -0.553. The first kappa shape index (κ1) is 22.5. The molecule has 7 heteroatoms. The summed E-state index contributed by atoms with van der Waals surface area (Å²) in [5.41, 5.74) is 2.13. The van der Waals surface area contributed by atoms with E-state index in [-0.39, 0.29) is 22.4 Å². The summed E-state index contributed by atoms with van der Waals surface area (Å²) < 4.78 is 32.3. The molecule has 0 bridgehead atoms. The smallest absolute Gasteiger partial charge is 0.338 e. The van der Waals surface area contributed by atoms with Gasteiger partial charge in [-0.05, 0) is 59.7 Å². The van der Waals surface area contributed by atoms with Gasteiger partial charge in [-0.2, -0.15) is 0 Å². The fourth-order valence-corrected chi connectivity index (χ4v) is 5.24. The van der Waals surface area contributed by atoms with Gasteiger partial charge in [0.2, 0.25) is 0 Å². The van der Waals surface area contributed by atoms with Crippen LogP contribution in [0.15, 0.2) is 52.3 Å². The molecule has 2 rings (SSSR count). The standard InChI is InChI=1S/C21H27NO4S2/c1-7-22(27-17-11-9-16(10-12-17)21(3,4)5)28(24,25)18-13-8-15(2)19(14-18)20(23)26-6/h8-14H,7H2,1-6H3. The minimum atomic E-state index is -3.78. The number of rotatable bonds is 6. The van der Waals surface area contributed by atoms with Crippen molar-refractivity contribution >= 4 is 27.9 Å². The molecular formula is C21H27NO4S2. The number of hydrogen-bond donors (Lipinski definition) is 0. The van der Waals surface area contributed by atoms with Crippen LogP contribution >= 0.6 is 11.9 Å². The Bertz CT molecular complexity index is 945. The molecule has 0 aliphatic carbocycles. The molecule has 0 amide bonds. The van der Waals surface area contributed by atoms with E-state index in [1.165, 1.54) is 28.5 Å². The van der Waals surface area contributed by atoms with Crippen molar-refractivity contribution in [3.63, 3.8) is 0 Å². The van der Waals surface area contributed by atoms with E-state index in [0.717, 1.165) is 16.8 Å². The molecule has 2 aromatic rings. The lowest BCUT2D eigenvalue weighted by atomic mass is 9.87. The third-order valence-corrected chi connectivity index (χ3v) is 7.77. The Morgan fingerprint density at radius 3 is 2.21 bits per heavy atom. The topological polar surface area (TPSA) is 63.7 Å². The van der Waals surface area contributed by atoms with Gasteiger partial charge in [0.1, 0.15) is 0 Å². The van der Waals surface area contributed by atoms with Crippen LogP contribution in [0.2, 0.25) is 0 Å². The Morgan fingerprint density at radius 1 is 1.11 bits per heavy atom. The van der Waals surface area contributed by atoms with Gasteiger partial charge in [0.05, 0.1) is 17.6 Å². The summed E-state index contributed by atoms with van der Waals surface area (Å²) in [6, 6.07) is 12.4. The maximum atomic E-state index is 13.1. The second-order valence-electron chi connectivity index (χ2n) is 7.46. The van der Waals surface area contributed by atoms with E-state index in [2.05, 4.69) is 20.8 Å². The minimum Gasteiger partial charge on any atom is -0.465 e. The number of benzene rings is 2. The zero-order valence-corrected chi connectivity index (χ0v) is 18.8. The quantitative estimate of drug-likeness (QED) is 0.495. The normalized spacial score (nSPS) is 12.2. The summed E-state index contributed by atoms with van der Waals surface area (Å²) in [6.45, 7) is 10.2. The molecule has 0 saturated heterocycles. The van der Waals surface area contributed by atoms with Crippen molar-refractivity contribution in [2.45, 2.75) is 49.8 Å². The number of nitrogens with zero attached hydrogens (tertiary/aromatic N) is 1. The molecule has 152 valence electrons. The van der Waals surface area contributed by atoms with E-state index in [9.17, 15) is 13.2 Å². The van der Waals surface area contributed by atoms with Crippen LogP contribution in [0.4, 0.5) is 0 Å². The number of methoxy groups -OCH3 is 1. The van der Waals surface area contributed by atoms with Gasteiger partial charge in [-0.15, -0.1) is 3.71 Å². The first-order chi connectivity index (χ1) is 13.0. The Morgan fingerprint density at radius 2 is 1.71 bits per heavy atom. The molecule has 0 N–H and O–H groups in total. The predicted molar refractivity (Wildman–Crippen MR) is 113 cm³/mol. The van der Waals surface area contributed by atoms with Crippen LogP contribution in [0, 0.1) is 6.92 Å². The highest BCUT2D eigenvalue weighted by atomic mass is 32.3. The van der Waals surface area contributed by atoms with E-state index in [4.69, 9.17) is 4.74 Å². The third kappa shape index (κ3) is 4.96. The van der Waals surface area contributed by atoms with Gasteiger partial charge in [-0.1, -0.05) is 45.9 Å². The van der Waals surface area contributed by atoms with Crippen molar-refractivity contribution in [3.05, 3.63) is 59.2 Å². The molecule has 0 heterocycles. The molecule has 0 fully saturated rings. The Balaban J connectivity index is 2.34. The molecule has 0 aromatic heterocycles. The molecule has 0 atom stereocenters. The third-order valence-electron chi connectivity index (χ3n) is 4.37. The summed E-state index contributed by atoms with van der Waals surface area (Å²) >= 11 is 1.16. The summed E-state index contributed by atoms with van der Waals surface area (Å²) in [6.07, 6.45) is 0. The predicted octanol–water partition coefficient (Wildman–Crippen LogP) is 4.80. The number of ether oxygens (including phenoxy) is 1. The van der Waals surface area contributed by atoms with E-state index in [1.54, 1.807) is 19.9 Å². The second kappa shape index (κ2) is 8.68. The fraction of sp³-hybridized carbons (Fsp3) is 0.381. The van der Waals surface area contributed by atoms with Crippen LogP contribution in [0.3, 0.4) is 0 Å². The monoisotopic (exact) mass is 421 g/mol. The highest BCUT2D eigenvalue weighted by Gasteiger charge is 2.26. The molecule has 0 aliphatic rings. The van der Waals surface area contributed by atoms with Crippen molar-refractivity contribution in [3.8, 4) is 0 Å². The summed E-state index contributed by atoms with van der Waals surface area (Å²) in [7, 11) is -2.50. The molecule has 2 aromatic carbocycles. The lowest BCUT2D eigenvalue weighted by Crippen LogP contribution is -2.24. The first-order valence-corrected chi connectivity index (χ1v) is 11.2. The van der Waals surface area contributed by atoms with Crippen LogP contribution in [0.25, 0.3) is 0 Å². The average molecular weight is 422 g/mol. The maximum Gasteiger partial charge on any atom is 0.338 e. The van der Waals surface area contributed by atoms with Gasteiger partial charge in [-0.3, -0.25) is 0 Å². The highest BCUT2D eigenvalue weighted by molar-refractivity contribution is 8.08. The number of hydrogen-bond acceptors (Lipinski definition) is 5. The molecule has 28 heavy (non-hydrogen) atoms. The second-order valence-corrected chi connectivity index (χ2v) is 10.6. The largest absolute Gasteiger partial charge is 0.465 e. The molecule has 0 aliphatic heterocycles. The summed E-state index contributed by atoms with van der Waals surface area (Å²) in [5, 5.41) is 0. The SMILES string of the molecule is CCN(Sc1ccc(C(C)(C)C)cc1)S(=O)(=O)c1ccc(C)c(C(=O)OC)c1. The van der Waals surface area contributed by atoms with Gasteiger partial charge in [0, 0.05) is 11.4 Å².